The quantitative estimate of drug-likeness (QED) is 0.607. The molecule has 0 amide bonds. The third-order valence-corrected chi connectivity index (χ3v) is 1.45. The van der Waals surface area contributed by atoms with Crippen LogP contribution in [0.15, 0.2) is 6.33 Å². The zero-order valence-electron chi connectivity index (χ0n) is 7.64. The van der Waals surface area contributed by atoms with E-state index in [1.54, 1.807) is 18.1 Å². The van der Waals surface area contributed by atoms with Crippen LogP contribution in [0.1, 0.15) is 0 Å². The van der Waals surface area contributed by atoms with Crippen LogP contribution in [0.4, 0.5) is 5.95 Å². The Morgan fingerprint density at radius 2 is 2.31 bits per heavy atom. The molecule has 0 fully saturated rings. The van der Waals surface area contributed by atoms with Crippen LogP contribution in [0, 0.1) is 0 Å². The Labute approximate surface area is 76.6 Å². The predicted molar refractivity (Wildman–Crippen MR) is 47.1 cm³/mol. The lowest BCUT2D eigenvalue weighted by molar-refractivity contribution is 0.0654. The van der Waals surface area contributed by atoms with E-state index in [1.807, 2.05) is 0 Å². The van der Waals surface area contributed by atoms with Crippen molar-refractivity contribution < 1.29 is 9.47 Å². The lowest BCUT2D eigenvalue weighted by Crippen LogP contribution is -2.09. The number of nitrogens with zero attached hydrogens (tertiary/aromatic N) is 3. The van der Waals surface area contributed by atoms with Crippen molar-refractivity contribution in [3.05, 3.63) is 6.33 Å². The Morgan fingerprint density at radius 1 is 1.46 bits per heavy atom. The van der Waals surface area contributed by atoms with Gasteiger partial charge in [-0.1, -0.05) is 0 Å². The van der Waals surface area contributed by atoms with Gasteiger partial charge in [-0.25, -0.2) is 9.67 Å². The molecule has 13 heavy (non-hydrogen) atoms. The van der Waals surface area contributed by atoms with Gasteiger partial charge in [0.2, 0.25) is 5.95 Å². The van der Waals surface area contributed by atoms with E-state index in [9.17, 15) is 0 Å². The van der Waals surface area contributed by atoms with Gasteiger partial charge in [0.25, 0.3) is 0 Å². The molecule has 1 aromatic rings. The summed E-state index contributed by atoms with van der Waals surface area (Å²) in [6, 6.07) is 0. The number of nitrogen functional groups attached to an aromatic ring is 1. The molecule has 1 rings (SSSR count). The van der Waals surface area contributed by atoms with Crippen molar-refractivity contribution in [2.24, 2.45) is 0 Å². The summed E-state index contributed by atoms with van der Waals surface area (Å²) >= 11 is 0. The van der Waals surface area contributed by atoms with E-state index in [-0.39, 0.29) is 5.95 Å². The smallest absolute Gasteiger partial charge is 0.239 e. The van der Waals surface area contributed by atoms with E-state index < -0.39 is 0 Å². The Morgan fingerprint density at radius 3 is 2.92 bits per heavy atom. The van der Waals surface area contributed by atoms with Crippen LogP contribution in [0.2, 0.25) is 0 Å². The zero-order valence-corrected chi connectivity index (χ0v) is 7.64. The molecule has 0 spiro atoms. The minimum Gasteiger partial charge on any atom is -0.382 e. The molecule has 6 heteroatoms. The number of nitrogens with two attached hydrogens (primary N) is 1. The number of hydrogen-bond donors (Lipinski definition) is 1. The Kier molecular flexibility index (Phi) is 4.20. The highest BCUT2D eigenvalue weighted by Crippen LogP contribution is 1.89. The summed E-state index contributed by atoms with van der Waals surface area (Å²) in [5.41, 5.74) is 5.33. The fraction of sp³-hybridized carbons (Fsp3) is 0.714. The predicted octanol–water partition coefficient (Wildman–Crippen LogP) is -0.477. The molecular weight excluding hydrogens is 172 g/mol. The molecule has 0 saturated carbocycles. The average Bonchev–Trinajstić information content (AvgIpc) is 2.51. The summed E-state index contributed by atoms with van der Waals surface area (Å²) in [6.07, 6.45) is 1.58. The van der Waals surface area contributed by atoms with Crippen molar-refractivity contribution >= 4 is 5.95 Å². The number of ether oxygens (including phenoxy) is 2. The van der Waals surface area contributed by atoms with Crippen LogP contribution in [0.25, 0.3) is 0 Å². The van der Waals surface area contributed by atoms with Crippen molar-refractivity contribution in [3.63, 3.8) is 0 Å². The van der Waals surface area contributed by atoms with Gasteiger partial charge in [-0.05, 0) is 0 Å². The van der Waals surface area contributed by atoms with Crippen LogP contribution >= 0.6 is 0 Å². The van der Waals surface area contributed by atoms with Crippen molar-refractivity contribution in [2.45, 2.75) is 6.54 Å². The first-order valence-electron chi connectivity index (χ1n) is 4.04. The fourth-order valence-electron chi connectivity index (χ4n) is 0.819. The van der Waals surface area contributed by atoms with E-state index in [0.717, 1.165) is 0 Å². The lowest BCUT2D eigenvalue weighted by Gasteiger charge is -2.02. The molecule has 0 aliphatic rings. The monoisotopic (exact) mass is 186 g/mol. The molecular formula is C7H14N4O2. The van der Waals surface area contributed by atoms with Gasteiger partial charge < -0.3 is 15.2 Å². The highest BCUT2D eigenvalue weighted by Gasteiger charge is 1.94. The van der Waals surface area contributed by atoms with E-state index in [4.69, 9.17) is 15.2 Å². The number of anilines is 1. The summed E-state index contributed by atoms with van der Waals surface area (Å²) in [5, 5.41) is 3.90. The van der Waals surface area contributed by atoms with Crippen LogP contribution in [0.3, 0.4) is 0 Å². The number of aromatic nitrogens is 3. The van der Waals surface area contributed by atoms with Crippen molar-refractivity contribution in [2.75, 3.05) is 32.7 Å². The summed E-state index contributed by atoms with van der Waals surface area (Å²) in [7, 11) is 1.64. The average molecular weight is 186 g/mol. The SMILES string of the molecule is COCCOCCn1cnc(N)n1. The van der Waals surface area contributed by atoms with Gasteiger partial charge in [0.05, 0.1) is 26.4 Å². The first-order valence-corrected chi connectivity index (χ1v) is 4.04. The molecule has 74 valence electrons. The van der Waals surface area contributed by atoms with Crippen molar-refractivity contribution in [3.8, 4) is 0 Å². The first-order chi connectivity index (χ1) is 6.33. The van der Waals surface area contributed by atoms with Crippen LogP contribution in [-0.4, -0.2) is 41.7 Å². The highest BCUT2D eigenvalue weighted by molar-refractivity contribution is 5.08. The Balaban J connectivity index is 2.06. The summed E-state index contributed by atoms with van der Waals surface area (Å²) < 4.78 is 11.7. The largest absolute Gasteiger partial charge is 0.382 e. The Bertz CT molecular complexity index is 238. The maximum atomic E-state index is 5.33. The van der Waals surface area contributed by atoms with E-state index in [2.05, 4.69) is 10.1 Å². The topological polar surface area (TPSA) is 75.2 Å². The normalized spacial score (nSPS) is 10.5. The van der Waals surface area contributed by atoms with E-state index >= 15 is 0 Å². The molecule has 0 bridgehead atoms. The van der Waals surface area contributed by atoms with Gasteiger partial charge in [-0.3, -0.25) is 0 Å². The molecule has 6 nitrogen and oxygen atoms in total. The molecule has 0 saturated heterocycles. The molecule has 2 N–H and O–H groups in total. The molecule has 0 unspecified atom stereocenters. The van der Waals surface area contributed by atoms with Crippen molar-refractivity contribution in [1.82, 2.24) is 14.8 Å². The molecule has 0 aliphatic carbocycles. The molecule has 0 aromatic carbocycles. The van der Waals surface area contributed by atoms with Gasteiger partial charge in [0, 0.05) is 7.11 Å². The molecule has 0 aliphatic heterocycles. The van der Waals surface area contributed by atoms with Crippen LogP contribution in [-0.2, 0) is 16.0 Å². The van der Waals surface area contributed by atoms with Gasteiger partial charge in [0.1, 0.15) is 6.33 Å². The maximum absolute atomic E-state index is 5.33. The van der Waals surface area contributed by atoms with Crippen LogP contribution < -0.4 is 5.73 Å². The summed E-state index contributed by atoms with van der Waals surface area (Å²) in [4.78, 5) is 3.78. The molecule has 1 aromatic heterocycles. The van der Waals surface area contributed by atoms with Gasteiger partial charge in [-0.15, -0.1) is 5.10 Å². The zero-order chi connectivity index (χ0) is 9.52. The van der Waals surface area contributed by atoms with Crippen molar-refractivity contribution in [1.29, 1.82) is 0 Å². The second-order valence-electron chi connectivity index (χ2n) is 2.47. The number of rotatable bonds is 6. The van der Waals surface area contributed by atoms with Gasteiger partial charge in [0.15, 0.2) is 0 Å². The highest BCUT2D eigenvalue weighted by atomic mass is 16.5. The van der Waals surface area contributed by atoms with E-state index in [0.29, 0.717) is 26.4 Å². The van der Waals surface area contributed by atoms with Gasteiger partial charge >= 0.3 is 0 Å². The van der Waals surface area contributed by atoms with E-state index in [1.165, 1.54) is 0 Å². The minimum atomic E-state index is 0.289. The molecule has 0 atom stereocenters. The lowest BCUT2D eigenvalue weighted by atomic mass is 10.7. The third-order valence-electron chi connectivity index (χ3n) is 1.45. The number of hydrogen-bond acceptors (Lipinski definition) is 5. The maximum Gasteiger partial charge on any atom is 0.239 e. The summed E-state index contributed by atoms with van der Waals surface area (Å²) in [5.74, 6) is 0.289. The Hall–Kier alpha value is -1.14. The fourth-order valence-corrected chi connectivity index (χ4v) is 0.819. The molecule has 0 radical (unpaired) electrons. The second kappa shape index (κ2) is 5.50. The first kappa shape index (κ1) is 9.94. The standard InChI is InChI=1S/C7H14N4O2/c1-12-4-5-13-3-2-11-6-9-7(8)10-11/h6H,2-5H2,1H3,(H2,8,10). The number of methoxy groups -OCH3 is 1. The second-order valence-corrected chi connectivity index (χ2v) is 2.47. The van der Waals surface area contributed by atoms with Crippen LogP contribution in [0.5, 0.6) is 0 Å². The van der Waals surface area contributed by atoms with Gasteiger partial charge in [-0.2, -0.15) is 0 Å². The minimum absolute atomic E-state index is 0.289. The third kappa shape index (κ3) is 3.86. The summed E-state index contributed by atoms with van der Waals surface area (Å²) in [6.45, 7) is 2.46. The molecule has 1 heterocycles.